The fourth-order valence-corrected chi connectivity index (χ4v) is 3.13. The van der Waals surface area contributed by atoms with E-state index < -0.39 is 0 Å². The van der Waals surface area contributed by atoms with E-state index in [9.17, 15) is 9.18 Å². The molecule has 0 spiro atoms. The van der Waals surface area contributed by atoms with Crippen molar-refractivity contribution in [2.75, 3.05) is 19.0 Å². The van der Waals surface area contributed by atoms with E-state index in [4.69, 9.17) is 0 Å². The molecular formula is C21H19FN4O. The van der Waals surface area contributed by atoms with E-state index in [0.29, 0.717) is 11.2 Å². The lowest BCUT2D eigenvalue weighted by atomic mass is 10.1. The van der Waals surface area contributed by atoms with E-state index in [1.807, 2.05) is 43.3 Å². The van der Waals surface area contributed by atoms with Crippen LogP contribution in [0.4, 0.5) is 10.1 Å². The zero-order valence-electron chi connectivity index (χ0n) is 15.1. The minimum atomic E-state index is -0.320. The molecule has 0 atom stereocenters. The molecule has 0 fully saturated rings. The summed E-state index contributed by atoms with van der Waals surface area (Å²) < 4.78 is 15.1. The first kappa shape index (κ1) is 17.0. The molecule has 0 saturated carbocycles. The second-order valence-electron chi connectivity index (χ2n) is 6.68. The average Bonchev–Trinajstić information content (AvgIpc) is 2.96. The fourth-order valence-electron chi connectivity index (χ4n) is 3.13. The predicted octanol–water partition coefficient (Wildman–Crippen LogP) is 3.65. The van der Waals surface area contributed by atoms with Crippen molar-refractivity contribution < 1.29 is 4.39 Å². The molecule has 2 aromatic heterocycles. The van der Waals surface area contributed by atoms with Gasteiger partial charge in [0.05, 0.1) is 12.1 Å². The largest absolute Gasteiger partial charge is 0.378 e. The Morgan fingerprint density at radius 2 is 1.89 bits per heavy atom. The number of imidazole rings is 1. The number of nitrogens with zero attached hydrogens (tertiary/aromatic N) is 3. The molecule has 0 aliphatic rings. The average molecular weight is 362 g/mol. The van der Waals surface area contributed by atoms with Crippen LogP contribution in [-0.4, -0.2) is 28.6 Å². The topological polar surface area (TPSA) is 53.9 Å². The molecular weight excluding hydrogens is 343 g/mol. The first-order valence-corrected chi connectivity index (χ1v) is 8.62. The summed E-state index contributed by atoms with van der Waals surface area (Å²) >= 11 is 0. The Labute approximate surface area is 155 Å². The number of halogens is 1. The van der Waals surface area contributed by atoms with Gasteiger partial charge >= 0.3 is 5.69 Å². The molecule has 0 aliphatic carbocycles. The van der Waals surface area contributed by atoms with Gasteiger partial charge in [0.2, 0.25) is 0 Å². The van der Waals surface area contributed by atoms with Crippen LogP contribution < -0.4 is 10.6 Å². The maximum atomic E-state index is 13.5. The van der Waals surface area contributed by atoms with Crippen LogP contribution in [0.1, 0.15) is 5.56 Å². The van der Waals surface area contributed by atoms with Crippen LogP contribution in [0.5, 0.6) is 0 Å². The second-order valence-corrected chi connectivity index (χ2v) is 6.68. The molecule has 1 N–H and O–H groups in total. The Balaban J connectivity index is 1.80. The van der Waals surface area contributed by atoms with Gasteiger partial charge in [-0.3, -0.25) is 9.55 Å². The lowest BCUT2D eigenvalue weighted by Crippen LogP contribution is -2.17. The highest BCUT2D eigenvalue weighted by molar-refractivity contribution is 5.79. The minimum absolute atomic E-state index is 0.263. The quantitative estimate of drug-likeness (QED) is 0.603. The number of hydrogen-bond donors (Lipinski definition) is 1. The monoisotopic (exact) mass is 362 g/mol. The summed E-state index contributed by atoms with van der Waals surface area (Å²) in [4.78, 5) is 21.6. The molecule has 0 amide bonds. The summed E-state index contributed by atoms with van der Waals surface area (Å²) in [5.41, 5.74) is 4.68. The third kappa shape index (κ3) is 3.33. The Bertz CT molecular complexity index is 1180. The Hall–Kier alpha value is -3.41. The fraction of sp³-hybridized carbons (Fsp3) is 0.143. The zero-order valence-corrected chi connectivity index (χ0v) is 15.1. The Morgan fingerprint density at radius 3 is 2.67 bits per heavy atom. The van der Waals surface area contributed by atoms with Crippen LogP contribution in [0.25, 0.3) is 22.3 Å². The van der Waals surface area contributed by atoms with E-state index >= 15 is 0 Å². The highest BCUT2D eigenvalue weighted by atomic mass is 19.1. The van der Waals surface area contributed by atoms with Gasteiger partial charge in [0, 0.05) is 31.5 Å². The maximum absolute atomic E-state index is 13.5. The second kappa shape index (κ2) is 6.72. The van der Waals surface area contributed by atoms with Crippen LogP contribution in [0.3, 0.4) is 0 Å². The van der Waals surface area contributed by atoms with Gasteiger partial charge in [0.25, 0.3) is 0 Å². The van der Waals surface area contributed by atoms with Gasteiger partial charge < -0.3 is 4.90 Å². The van der Waals surface area contributed by atoms with Crippen LogP contribution in [0.15, 0.2) is 65.6 Å². The van der Waals surface area contributed by atoms with Crippen molar-refractivity contribution >= 4 is 16.9 Å². The van der Waals surface area contributed by atoms with Crippen molar-refractivity contribution in [1.29, 1.82) is 0 Å². The molecule has 4 rings (SSSR count). The lowest BCUT2D eigenvalue weighted by molar-refractivity contribution is 0.623. The lowest BCUT2D eigenvalue weighted by Gasteiger charge is -2.13. The standard InChI is InChI=1S/C21H19FN4O/c1-25(2)18-8-4-6-15(10-18)16-11-19-20(23-12-16)24-21(27)26(19)13-14-5-3-7-17(22)9-14/h3-12H,13H2,1-2H3,(H,23,24,27). The number of anilines is 1. The van der Waals surface area contributed by atoms with E-state index in [1.165, 1.54) is 12.1 Å². The summed E-state index contributed by atoms with van der Waals surface area (Å²) in [5.74, 6) is -0.320. The zero-order chi connectivity index (χ0) is 19.0. The van der Waals surface area contributed by atoms with Gasteiger partial charge in [-0.25, -0.2) is 14.2 Å². The molecule has 27 heavy (non-hydrogen) atoms. The van der Waals surface area contributed by atoms with Gasteiger partial charge in [-0.05, 0) is 41.5 Å². The minimum Gasteiger partial charge on any atom is -0.378 e. The van der Waals surface area contributed by atoms with Gasteiger partial charge in [-0.15, -0.1) is 0 Å². The van der Waals surface area contributed by atoms with Gasteiger partial charge in [-0.2, -0.15) is 0 Å². The predicted molar refractivity (Wildman–Crippen MR) is 106 cm³/mol. The molecule has 0 aliphatic heterocycles. The highest BCUT2D eigenvalue weighted by Crippen LogP contribution is 2.25. The van der Waals surface area contributed by atoms with Crippen molar-refractivity contribution in [3.05, 3.63) is 82.7 Å². The molecule has 5 nitrogen and oxygen atoms in total. The third-order valence-corrected chi connectivity index (χ3v) is 4.55. The smallest absolute Gasteiger partial charge is 0.327 e. The van der Waals surface area contributed by atoms with Crippen LogP contribution in [-0.2, 0) is 6.54 Å². The van der Waals surface area contributed by atoms with E-state index in [2.05, 4.69) is 16.0 Å². The first-order chi connectivity index (χ1) is 13.0. The van der Waals surface area contributed by atoms with Crippen LogP contribution in [0.2, 0.25) is 0 Å². The molecule has 0 saturated heterocycles. The number of nitrogens with one attached hydrogen (secondary N) is 1. The van der Waals surface area contributed by atoms with E-state index in [1.54, 1.807) is 22.9 Å². The van der Waals surface area contributed by atoms with Crippen molar-refractivity contribution in [3.63, 3.8) is 0 Å². The SMILES string of the molecule is CN(C)c1cccc(-c2cnc3[nH]c(=O)n(Cc4cccc(F)c4)c3c2)c1. The number of aromatic nitrogens is 3. The number of fused-ring (bicyclic) bond motifs is 1. The van der Waals surface area contributed by atoms with Crippen molar-refractivity contribution in [2.24, 2.45) is 0 Å². The Morgan fingerprint density at radius 1 is 1.07 bits per heavy atom. The molecule has 2 heterocycles. The normalized spacial score (nSPS) is 11.1. The molecule has 0 unspecified atom stereocenters. The number of H-pyrrole nitrogens is 1. The van der Waals surface area contributed by atoms with Gasteiger partial charge in [-0.1, -0.05) is 24.3 Å². The molecule has 4 aromatic rings. The molecule has 0 bridgehead atoms. The van der Waals surface area contributed by atoms with Crippen molar-refractivity contribution in [3.8, 4) is 11.1 Å². The summed E-state index contributed by atoms with van der Waals surface area (Å²) in [5, 5.41) is 0. The number of hydrogen-bond acceptors (Lipinski definition) is 3. The summed E-state index contributed by atoms with van der Waals surface area (Å²) in [6.07, 6.45) is 1.75. The van der Waals surface area contributed by atoms with Crippen molar-refractivity contribution in [1.82, 2.24) is 14.5 Å². The number of rotatable bonds is 4. The van der Waals surface area contributed by atoms with E-state index in [0.717, 1.165) is 22.4 Å². The number of benzene rings is 2. The number of pyridine rings is 1. The van der Waals surface area contributed by atoms with Crippen LogP contribution >= 0.6 is 0 Å². The van der Waals surface area contributed by atoms with Crippen molar-refractivity contribution in [2.45, 2.75) is 6.54 Å². The van der Waals surface area contributed by atoms with E-state index in [-0.39, 0.29) is 18.1 Å². The van der Waals surface area contributed by atoms with Gasteiger partial charge in [0.15, 0.2) is 5.65 Å². The van der Waals surface area contributed by atoms with Gasteiger partial charge in [0.1, 0.15) is 5.82 Å². The molecule has 136 valence electrons. The summed E-state index contributed by atoms with van der Waals surface area (Å²) in [7, 11) is 3.98. The summed E-state index contributed by atoms with van der Waals surface area (Å²) in [6, 6.07) is 16.3. The highest BCUT2D eigenvalue weighted by Gasteiger charge is 2.11. The number of aromatic amines is 1. The first-order valence-electron chi connectivity index (χ1n) is 8.62. The molecule has 6 heteroatoms. The summed E-state index contributed by atoms with van der Waals surface area (Å²) in [6.45, 7) is 0.277. The third-order valence-electron chi connectivity index (χ3n) is 4.55. The van der Waals surface area contributed by atoms with Crippen LogP contribution in [0, 0.1) is 5.82 Å². The molecule has 2 aromatic carbocycles. The maximum Gasteiger partial charge on any atom is 0.327 e. The Kier molecular flexibility index (Phi) is 4.24. The molecule has 0 radical (unpaired) electrons.